The van der Waals surface area contributed by atoms with Gasteiger partial charge in [0.15, 0.2) is 6.10 Å². The molecule has 6 heteroatoms. The Bertz CT molecular complexity index is 1150. The van der Waals surface area contributed by atoms with Gasteiger partial charge in [-0.3, -0.25) is 14.4 Å². The molecule has 0 spiro atoms. The lowest BCUT2D eigenvalue weighted by molar-refractivity contribution is -0.167. The first-order valence-electron chi connectivity index (χ1n) is 34.3. The normalized spacial score (nSPS) is 12.4. The van der Waals surface area contributed by atoms with E-state index in [4.69, 9.17) is 14.2 Å². The van der Waals surface area contributed by atoms with E-state index in [1.165, 1.54) is 283 Å². The van der Waals surface area contributed by atoms with Crippen LogP contribution < -0.4 is 0 Å². The fraction of sp³-hybridized carbons (Fsp3) is 0.957. The van der Waals surface area contributed by atoms with Gasteiger partial charge in [0.25, 0.3) is 0 Å². The zero-order valence-corrected chi connectivity index (χ0v) is 51.7. The lowest BCUT2D eigenvalue weighted by Gasteiger charge is -2.18. The molecule has 0 N–H and O–H groups in total. The van der Waals surface area contributed by atoms with E-state index in [9.17, 15) is 14.4 Å². The number of hydrogen-bond donors (Lipinski definition) is 0. The van der Waals surface area contributed by atoms with E-state index in [0.717, 1.165) is 69.6 Å². The van der Waals surface area contributed by atoms with Gasteiger partial charge in [-0.25, -0.2) is 0 Å². The molecule has 0 aliphatic heterocycles. The lowest BCUT2D eigenvalue weighted by Crippen LogP contribution is -2.30. The highest BCUT2D eigenvalue weighted by molar-refractivity contribution is 5.71. The third-order valence-electron chi connectivity index (χ3n) is 16.3. The van der Waals surface area contributed by atoms with Crippen LogP contribution in [0.3, 0.4) is 0 Å². The van der Waals surface area contributed by atoms with Crippen LogP contribution in [0.2, 0.25) is 0 Å². The van der Waals surface area contributed by atoms with Crippen LogP contribution in [0.4, 0.5) is 0 Å². The van der Waals surface area contributed by atoms with Gasteiger partial charge >= 0.3 is 17.9 Å². The summed E-state index contributed by atoms with van der Waals surface area (Å²) in [6.07, 6.45) is 69.7. The van der Waals surface area contributed by atoms with Gasteiger partial charge in [-0.05, 0) is 31.1 Å². The van der Waals surface area contributed by atoms with E-state index in [-0.39, 0.29) is 31.1 Å². The number of esters is 3. The Morgan fingerprint density at radius 2 is 0.507 bits per heavy atom. The summed E-state index contributed by atoms with van der Waals surface area (Å²) in [6.45, 7) is 11.5. The molecule has 0 aliphatic carbocycles. The molecule has 0 saturated heterocycles. The Balaban J connectivity index is 4.27. The SMILES string of the molecule is CCCCCCCCCCCCCCCCCCCCCC(=O)OC[C@@H](COC(=O)CCCCCCCCCCCCCCCC(C)C)OC(=O)CCCCCCCCCCCCCCCCCCCCC(C)CC. The number of ether oxygens (including phenoxy) is 3. The van der Waals surface area contributed by atoms with E-state index in [0.29, 0.717) is 19.3 Å². The summed E-state index contributed by atoms with van der Waals surface area (Å²) in [5.41, 5.74) is 0. The molecule has 0 fully saturated rings. The Morgan fingerprint density at radius 3 is 0.760 bits per heavy atom. The molecule has 0 saturated carbocycles. The fourth-order valence-corrected chi connectivity index (χ4v) is 10.8. The molecule has 75 heavy (non-hydrogen) atoms. The van der Waals surface area contributed by atoms with Crippen molar-refractivity contribution < 1.29 is 28.6 Å². The summed E-state index contributed by atoms with van der Waals surface area (Å²) in [4.78, 5) is 38.4. The Labute approximate surface area is 469 Å². The minimum atomic E-state index is -0.764. The van der Waals surface area contributed by atoms with Crippen molar-refractivity contribution in [2.75, 3.05) is 13.2 Å². The zero-order chi connectivity index (χ0) is 54.6. The Kier molecular flexibility index (Phi) is 60.3. The average molecular weight is 1060 g/mol. The monoisotopic (exact) mass is 1060 g/mol. The number of hydrogen-bond acceptors (Lipinski definition) is 6. The molecule has 0 rings (SSSR count). The van der Waals surface area contributed by atoms with Crippen LogP contribution in [0.1, 0.15) is 394 Å². The largest absolute Gasteiger partial charge is 0.462 e. The third kappa shape index (κ3) is 61.5. The minimum Gasteiger partial charge on any atom is -0.462 e. The fourth-order valence-electron chi connectivity index (χ4n) is 10.8. The Hall–Kier alpha value is -1.59. The van der Waals surface area contributed by atoms with Crippen molar-refractivity contribution in [2.24, 2.45) is 11.8 Å². The predicted octanol–water partition coefficient (Wildman–Crippen LogP) is 23.2. The van der Waals surface area contributed by atoms with Crippen LogP contribution >= 0.6 is 0 Å². The van der Waals surface area contributed by atoms with Crippen LogP contribution in [-0.4, -0.2) is 37.2 Å². The first-order valence-corrected chi connectivity index (χ1v) is 34.3. The quantitative estimate of drug-likeness (QED) is 0.0343. The molecule has 2 atom stereocenters. The van der Waals surface area contributed by atoms with E-state index in [1.807, 2.05) is 0 Å². The topological polar surface area (TPSA) is 78.9 Å². The molecule has 0 aromatic rings. The van der Waals surface area contributed by atoms with E-state index in [2.05, 4.69) is 34.6 Å². The predicted molar refractivity (Wildman–Crippen MR) is 326 cm³/mol. The molecule has 1 unspecified atom stereocenters. The van der Waals surface area contributed by atoms with Crippen molar-refractivity contribution in [2.45, 2.75) is 400 Å². The molecule has 0 amide bonds. The maximum absolute atomic E-state index is 12.9. The van der Waals surface area contributed by atoms with Crippen LogP contribution in [-0.2, 0) is 28.6 Å². The second kappa shape index (κ2) is 61.6. The van der Waals surface area contributed by atoms with Gasteiger partial charge < -0.3 is 14.2 Å². The summed E-state index contributed by atoms with van der Waals surface area (Å²) in [5.74, 6) is 0.922. The molecular formula is C69H134O6. The van der Waals surface area contributed by atoms with Gasteiger partial charge in [0.05, 0.1) is 0 Å². The number of unbranched alkanes of at least 4 members (excludes halogenated alkanes) is 47. The van der Waals surface area contributed by atoms with E-state index >= 15 is 0 Å². The van der Waals surface area contributed by atoms with Gasteiger partial charge in [0, 0.05) is 19.3 Å². The highest BCUT2D eigenvalue weighted by atomic mass is 16.6. The van der Waals surface area contributed by atoms with Crippen LogP contribution in [0.5, 0.6) is 0 Å². The number of carbonyl (C=O) groups is 3. The van der Waals surface area contributed by atoms with Crippen molar-refractivity contribution in [1.82, 2.24) is 0 Å². The lowest BCUT2D eigenvalue weighted by atomic mass is 9.99. The second-order valence-corrected chi connectivity index (χ2v) is 24.5. The molecule has 0 aliphatic rings. The molecule has 0 heterocycles. The van der Waals surface area contributed by atoms with Crippen molar-refractivity contribution in [3.05, 3.63) is 0 Å². The third-order valence-corrected chi connectivity index (χ3v) is 16.3. The summed E-state index contributed by atoms with van der Waals surface area (Å²) < 4.78 is 17.0. The van der Waals surface area contributed by atoms with Gasteiger partial charge in [-0.15, -0.1) is 0 Å². The summed E-state index contributed by atoms with van der Waals surface area (Å²) in [6, 6.07) is 0. The van der Waals surface area contributed by atoms with Gasteiger partial charge in [0.1, 0.15) is 13.2 Å². The molecular weight excluding hydrogens is 925 g/mol. The maximum atomic E-state index is 12.9. The highest BCUT2D eigenvalue weighted by Gasteiger charge is 2.20. The first kappa shape index (κ1) is 73.4. The molecule has 6 nitrogen and oxygen atoms in total. The molecule has 0 aromatic heterocycles. The van der Waals surface area contributed by atoms with Crippen molar-refractivity contribution in [3.63, 3.8) is 0 Å². The summed E-state index contributed by atoms with van der Waals surface area (Å²) in [5, 5.41) is 0. The minimum absolute atomic E-state index is 0.0614. The molecule has 0 bridgehead atoms. The summed E-state index contributed by atoms with van der Waals surface area (Å²) in [7, 11) is 0. The smallest absolute Gasteiger partial charge is 0.306 e. The second-order valence-electron chi connectivity index (χ2n) is 24.5. The van der Waals surface area contributed by atoms with Gasteiger partial charge in [-0.1, -0.05) is 356 Å². The summed E-state index contributed by atoms with van der Waals surface area (Å²) >= 11 is 0. The van der Waals surface area contributed by atoms with Crippen LogP contribution in [0, 0.1) is 11.8 Å². The van der Waals surface area contributed by atoms with Gasteiger partial charge in [0.2, 0.25) is 0 Å². The highest BCUT2D eigenvalue weighted by Crippen LogP contribution is 2.20. The van der Waals surface area contributed by atoms with E-state index < -0.39 is 6.10 Å². The maximum Gasteiger partial charge on any atom is 0.306 e. The first-order chi connectivity index (χ1) is 36.8. The standard InChI is InChI=1S/C69H134O6/c1-6-8-9-10-11-12-13-14-15-16-17-21-24-29-34-39-44-49-54-59-67(70)73-62-66(63-74-68(71)60-55-50-45-40-35-31-26-27-32-37-42-47-52-57-64(3)4)75-69(72)61-56-51-46-41-36-30-25-22-19-18-20-23-28-33-38-43-48-53-58-65(5)7-2/h64-66H,6-63H2,1-5H3/t65?,66-/m0/s1. The zero-order valence-electron chi connectivity index (χ0n) is 51.7. The molecule has 0 aromatic carbocycles. The molecule has 0 radical (unpaired) electrons. The number of rotatable bonds is 63. The van der Waals surface area contributed by atoms with Gasteiger partial charge in [-0.2, -0.15) is 0 Å². The van der Waals surface area contributed by atoms with E-state index in [1.54, 1.807) is 0 Å². The van der Waals surface area contributed by atoms with Crippen molar-refractivity contribution in [1.29, 1.82) is 0 Å². The number of carbonyl (C=O) groups excluding carboxylic acids is 3. The molecule has 446 valence electrons. The van der Waals surface area contributed by atoms with Crippen LogP contribution in [0.15, 0.2) is 0 Å². The average Bonchev–Trinajstić information content (AvgIpc) is 3.40. The van der Waals surface area contributed by atoms with Crippen molar-refractivity contribution >= 4 is 17.9 Å². The van der Waals surface area contributed by atoms with Crippen molar-refractivity contribution in [3.8, 4) is 0 Å². The Morgan fingerprint density at radius 1 is 0.280 bits per heavy atom. The van der Waals surface area contributed by atoms with Crippen LogP contribution in [0.25, 0.3) is 0 Å².